The first-order valence-corrected chi connectivity index (χ1v) is 10.8. The molecule has 0 radical (unpaired) electrons. The lowest BCUT2D eigenvalue weighted by Gasteiger charge is -2.12. The number of aromatic hydroxyl groups is 2. The number of benzene rings is 3. The number of ether oxygens (including phenoxy) is 1. The van der Waals surface area contributed by atoms with Gasteiger partial charge in [-0.1, -0.05) is 22.8 Å². The van der Waals surface area contributed by atoms with Gasteiger partial charge in [0.1, 0.15) is 17.2 Å². The molecule has 6 nitrogen and oxygen atoms in total. The second-order valence-corrected chi connectivity index (χ2v) is 8.22. The number of nitrogens with one attached hydrogen (secondary N) is 1. The van der Waals surface area contributed by atoms with Crippen LogP contribution in [0.5, 0.6) is 17.2 Å². The van der Waals surface area contributed by atoms with E-state index in [0.717, 1.165) is 27.2 Å². The van der Waals surface area contributed by atoms with Gasteiger partial charge < -0.3 is 20.3 Å². The molecule has 0 bridgehead atoms. The molecule has 3 aromatic carbocycles. The number of phenols is 2. The molecule has 1 atom stereocenters. The van der Waals surface area contributed by atoms with E-state index in [4.69, 9.17) is 9.10 Å². The van der Waals surface area contributed by atoms with Gasteiger partial charge in [0.15, 0.2) is 0 Å². The lowest BCUT2D eigenvalue weighted by Crippen LogP contribution is -1.94. The van der Waals surface area contributed by atoms with Gasteiger partial charge in [-0.05, 0) is 42.7 Å². The number of hydrogen-bond donors (Lipinski definition) is 3. The fourth-order valence-electron chi connectivity index (χ4n) is 3.14. The van der Waals surface area contributed by atoms with Gasteiger partial charge in [0, 0.05) is 41.2 Å². The smallest absolute Gasteiger partial charge is 0.130 e. The Hall–Kier alpha value is -3.58. The second kappa shape index (κ2) is 8.42. The summed E-state index contributed by atoms with van der Waals surface area (Å²) < 4.78 is 10.0. The molecule has 7 heteroatoms. The molecule has 0 aliphatic heterocycles. The third-order valence-corrected chi connectivity index (χ3v) is 6.02. The van der Waals surface area contributed by atoms with Gasteiger partial charge in [0.05, 0.1) is 23.2 Å². The van der Waals surface area contributed by atoms with Gasteiger partial charge in [-0.15, -0.1) is 0 Å². The van der Waals surface area contributed by atoms with Crippen LogP contribution in [0.4, 0.5) is 17.1 Å². The topological polar surface area (TPSA) is 87.0 Å². The number of methoxy groups -OCH3 is 1. The van der Waals surface area contributed by atoms with Crippen LogP contribution in [-0.4, -0.2) is 28.6 Å². The van der Waals surface area contributed by atoms with Crippen LogP contribution in [0.2, 0.25) is 0 Å². The van der Waals surface area contributed by atoms with Crippen molar-refractivity contribution < 1.29 is 14.9 Å². The maximum absolute atomic E-state index is 10.1. The zero-order valence-electron chi connectivity index (χ0n) is 16.5. The second-order valence-electron chi connectivity index (χ2n) is 6.64. The molecule has 3 N–H and O–H groups in total. The van der Waals surface area contributed by atoms with Crippen molar-refractivity contribution in [3.63, 3.8) is 0 Å². The Morgan fingerprint density at radius 2 is 1.83 bits per heavy atom. The average Bonchev–Trinajstić information content (AvgIpc) is 2.74. The number of rotatable bonds is 5. The van der Waals surface area contributed by atoms with E-state index >= 15 is 0 Å². The minimum Gasteiger partial charge on any atom is -0.508 e. The predicted molar refractivity (Wildman–Crippen MR) is 121 cm³/mol. The summed E-state index contributed by atoms with van der Waals surface area (Å²) in [7, 11) is 1.05. The maximum atomic E-state index is 10.1. The molecule has 0 saturated carbocycles. The zero-order valence-corrected chi connectivity index (χ0v) is 17.4. The monoisotopic (exact) mass is 419 g/mol. The Labute approximate surface area is 176 Å². The molecule has 0 fully saturated rings. The van der Waals surface area contributed by atoms with Gasteiger partial charge in [-0.3, -0.25) is 4.98 Å². The summed E-state index contributed by atoms with van der Waals surface area (Å²) in [5.74, 6) is 0.919. The fourth-order valence-corrected chi connectivity index (χ4v) is 4.32. The third kappa shape index (κ3) is 4.21. The molecule has 30 heavy (non-hydrogen) atoms. The van der Waals surface area contributed by atoms with E-state index in [1.165, 1.54) is 0 Å². The van der Waals surface area contributed by atoms with E-state index in [-0.39, 0.29) is 11.5 Å². The first kappa shape index (κ1) is 19.7. The first-order chi connectivity index (χ1) is 14.5. The summed E-state index contributed by atoms with van der Waals surface area (Å²) in [6.45, 7) is 0. The van der Waals surface area contributed by atoms with E-state index in [2.05, 4.69) is 10.3 Å². The minimum absolute atomic E-state index is 0.114. The number of fused-ring (bicyclic) bond motifs is 1. The Kier molecular flexibility index (Phi) is 5.54. The van der Waals surface area contributed by atoms with Gasteiger partial charge in [-0.25, -0.2) is 4.36 Å². The molecule has 0 aliphatic carbocycles. The molecule has 4 rings (SSSR count). The molecule has 0 amide bonds. The van der Waals surface area contributed by atoms with Crippen LogP contribution in [0.15, 0.2) is 82.2 Å². The highest BCUT2D eigenvalue weighted by Crippen LogP contribution is 2.32. The predicted octanol–water partition coefficient (Wildman–Crippen LogP) is 5.52. The van der Waals surface area contributed by atoms with Crippen molar-refractivity contribution in [1.82, 2.24) is 4.98 Å². The van der Waals surface area contributed by atoms with Crippen molar-refractivity contribution in [2.24, 2.45) is 4.36 Å². The Bertz CT molecular complexity index is 1260. The quantitative estimate of drug-likeness (QED) is 0.396. The van der Waals surface area contributed by atoms with E-state index < -0.39 is 10.7 Å². The molecular weight excluding hydrogens is 398 g/mol. The van der Waals surface area contributed by atoms with Crippen molar-refractivity contribution in [2.75, 3.05) is 18.7 Å². The number of phenolic OH excluding ortho intramolecular Hbond substituents is 2. The molecule has 1 aromatic heterocycles. The van der Waals surface area contributed by atoms with Crippen molar-refractivity contribution in [2.45, 2.75) is 4.90 Å². The average molecular weight is 420 g/mol. The largest absolute Gasteiger partial charge is 0.508 e. The highest BCUT2D eigenvalue weighted by atomic mass is 32.2. The van der Waals surface area contributed by atoms with Crippen molar-refractivity contribution >= 4 is 38.7 Å². The van der Waals surface area contributed by atoms with Gasteiger partial charge in [-0.2, -0.15) is 0 Å². The Morgan fingerprint density at radius 1 is 1.00 bits per heavy atom. The Morgan fingerprint density at radius 3 is 2.63 bits per heavy atom. The van der Waals surface area contributed by atoms with Crippen LogP contribution in [0.3, 0.4) is 0 Å². The summed E-state index contributed by atoms with van der Waals surface area (Å²) in [4.78, 5) is 5.23. The zero-order chi connectivity index (χ0) is 21.1. The molecule has 0 spiro atoms. The van der Waals surface area contributed by atoms with Crippen LogP contribution in [0.25, 0.3) is 10.9 Å². The number of anilines is 2. The molecule has 0 saturated heterocycles. The standard InChI is InChI=1S/C23H21N3O3S/c1-29-18-12-16(11-17(27)14-18)25-21-9-10-24-20-8-7-15(13-19(20)21)26-30(2)23-6-4-3-5-22(23)28/h3-14,27-28H,1-2H3,(H,24,25). The van der Waals surface area contributed by atoms with Crippen LogP contribution < -0.4 is 10.1 Å². The highest BCUT2D eigenvalue weighted by molar-refractivity contribution is 7.86. The molecule has 0 aliphatic rings. The summed E-state index contributed by atoms with van der Waals surface area (Å²) in [5, 5.41) is 24.2. The molecular formula is C23H21N3O3S. The molecule has 1 heterocycles. The third-order valence-electron chi connectivity index (χ3n) is 4.56. The van der Waals surface area contributed by atoms with Gasteiger partial charge in [0.25, 0.3) is 0 Å². The summed E-state index contributed by atoms with van der Waals surface area (Å²) in [6.07, 6.45) is 3.70. The normalized spacial score (nSPS) is 12.1. The molecule has 1 unspecified atom stereocenters. The summed E-state index contributed by atoms with van der Waals surface area (Å²) in [5.41, 5.74) is 3.15. The highest BCUT2D eigenvalue weighted by Gasteiger charge is 2.07. The van der Waals surface area contributed by atoms with Crippen LogP contribution in [0.1, 0.15) is 0 Å². The van der Waals surface area contributed by atoms with E-state index in [1.807, 2.05) is 48.7 Å². The Balaban J connectivity index is 1.73. The number of nitrogens with zero attached hydrogens (tertiary/aromatic N) is 2. The first-order valence-electron chi connectivity index (χ1n) is 9.23. The van der Waals surface area contributed by atoms with Crippen molar-refractivity contribution in [3.05, 3.63) is 72.9 Å². The van der Waals surface area contributed by atoms with Gasteiger partial charge >= 0.3 is 0 Å². The van der Waals surface area contributed by atoms with Crippen molar-refractivity contribution in [3.8, 4) is 17.2 Å². The van der Waals surface area contributed by atoms with Gasteiger partial charge in [0.2, 0.25) is 0 Å². The minimum atomic E-state index is -0.506. The van der Waals surface area contributed by atoms with E-state index in [1.54, 1.807) is 37.6 Å². The number of pyridine rings is 1. The lowest BCUT2D eigenvalue weighted by molar-refractivity contribution is 0.408. The number of para-hydroxylation sites is 1. The number of hydrogen-bond acceptors (Lipinski definition) is 6. The molecule has 4 aromatic rings. The number of aromatic nitrogens is 1. The lowest BCUT2D eigenvalue weighted by atomic mass is 10.1. The maximum Gasteiger partial charge on any atom is 0.130 e. The van der Waals surface area contributed by atoms with Crippen LogP contribution >= 0.6 is 0 Å². The van der Waals surface area contributed by atoms with Crippen LogP contribution in [-0.2, 0) is 10.7 Å². The van der Waals surface area contributed by atoms with Crippen LogP contribution in [0, 0.1) is 0 Å². The van der Waals surface area contributed by atoms with Crippen molar-refractivity contribution in [1.29, 1.82) is 0 Å². The SMILES string of the molecule is COc1cc(O)cc(Nc2ccnc3ccc(N=S(C)c4ccccc4O)cc23)c1. The fraction of sp³-hybridized carbons (Fsp3) is 0.0870. The molecule has 152 valence electrons. The van der Waals surface area contributed by atoms with E-state index in [9.17, 15) is 10.2 Å². The summed E-state index contributed by atoms with van der Waals surface area (Å²) in [6, 6.07) is 19.9. The summed E-state index contributed by atoms with van der Waals surface area (Å²) >= 11 is 0. The van der Waals surface area contributed by atoms with E-state index in [0.29, 0.717) is 11.4 Å².